The Morgan fingerprint density at radius 2 is 1.70 bits per heavy atom. The molecule has 0 atom stereocenters. The lowest BCUT2D eigenvalue weighted by molar-refractivity contribution is -0.632. The van der Waals surface area contributed by atoms with Gasteiger partial charge in [-0.2, -0.15) is 4.57 Å². The SMILES string of the molecule is Cc1ccc(-c2ccccc2)cc1-c1c2c(nc3n2C=CC3)c2ccccc2[n+]1C. The normalized spacial score (nSPS) is 12.7. The summed E-state index contributed by atoms with van der Waals surface area (Å²) < 4.78 is 4.60. The van der Waals surface area contributed by atoms with Crippen molar-refractivity contribution in [2.24, 2.45) is 7.05 Å². The molecule has 3 aromatic carbocycles. The summed E-state index contributed by atoms with van der Waals surface area (Å²) in [5.74, 6) is 1.11. The molecule has 1 aliphatic rings. The van der Waals surface area contributed by atoms with Gasteiger partial charge < -0.3 is 0 Å². The van der Waals surface area contributed by atoms with E-state index in [0.717, 1.165) is 17.8 Å². The van der Waals surface area contributed by atoms with Crippen LogP contribution in [0, 0.1) is 6.92 Å². The number of para-hydroxylation sites is 1. The zero-order valence-electron chi connectivity index (χ0n) is 17.1. The molecule has 3 heteroatoms. The van der Waals surface area contributed by atoms with Crippen LogP contribution in [0.25, 0.3) is 50.5 Å². The fourth-order valence-electron chi connectivity index (χ4n) is 4.70. The largest absolute Gasteiger partial charge is 0.298 e. The number of aromatic nitrogens is 3. The number of rotatable bonds is 2. The van der Waals surface area contributed by atoms with Crippen LogP contribution in [0.5, 0.6) is 0 Å². The van der Waals surface area contributed by atoms with Crippen LogP contribution < -0.4 is 4.57 Å². The molecule has 0 N–H and O–H groups in total. The summed E-state index contributed by atoms with van der Waals surface area (Å²) in [5.41, 5.74) is 9.66. The molecule has 2 aromatic heterocycles. The molecule has 5 aromatic rings. The highest BCUT2D eigenvalue weighted by Gasteiger charge is 2.28. The molecule has 0 saturated heterocycles. The second kappa shape index (κ2) is 6.39. The predicted molar refractivity (Wildman–Crippen MR) is 123 cm³/mol. The number of benzene rings is 3. The van der Waals surface area contributed by atoms with Gasteiger partial charge >= 0.3 is 0 Å². The molecule has 30 heavy (non-hydrogen) atoms. The zero-order chi connectivity index (χ0) is 20.2. The van der Waals surface area contributed by atoms with Gasteiger partial charge in [0.15, 0.2) is 0 Å². The molecule has 3 nitrogen and oxygen atoms in total. The summed E-state index contributed by atoms with van der Waals surface area (Å²) in [5, 5.41) is 1.20. The number of pyridine rings is 1. The Labute approximate surface area is 175 Å². The van der Waals surface area contributed by atoms with E-state index in [1.165, 1.54) is 44.4 Å². The van der Waals surface area contributed by atoms with Crippen molar-refractivity contribution in [3.8, 4) is 22.4 Å². The van der Waals surface area contributed by atoms with Crippen molar-refractivity contribution < 1.29 is 4.57 Å². The van der Waals surface area contributed by atoms with E-state index in [4.69, 9.17) is 4.98 Å². The molecule has 0 amide bonds. The third kappa shape index (κ3) is 2.38. The standard InChI is InChI=1S/C27H22N3/c1-18-14-15-20(19-9-4-3-5-10-19)17-22(18)26-27-25(28-24-13-8-16-30(24)27)21-11-6-7-12-23(21)29(26)2/h3-12,14-17H,13H2,1-2H3/q+1. The monoisotopic (exact) mass is 388 g/mol. The second-order valence-electron chi connectivity index (χ2n) is 8.00. The Morgan fingerprint density at radius 1 is 0.900 bits per heavy atom. The first-order valence-corrected chi connectivity index (χ1v) is 10.4. The molecule has 6 rings (SSSR count). The first kappa shape index (κ1) is 17.2. The third-order valence-electron chi connectivity index (χ3n) is 6.22. The van der Waals surface area contributed by atoms with Gasteiger partial charge in [0.1, 0.15) is 23.9 Å². The quantitative estimate of drug-likeness (QED) is 0.356. The van der Waals surface area contributed by atoms with E-state index in [0.29, 0.717) is 0 Å². The van der Waals surface area contributed by atoms with Gasteiger partial charge in [0.05, 0.1) is 10.9 Å². The highest BCUT2D eigenvalue weighted by Crippen LogP contribution is 2.36. The maximum Gasteiger partial charge on any atom is 0.239 e. The topological polar surface area (TPSA) is 21.7 Å². The minimum atomic E-state index is 0.884. The van der Waals surface area contributed by atoms with Crippen LogP contribution in [0.4, 0.5) is 0 Å². The van der Waals surface area contributed by atoms with Crippen molar-refractivity contribution in [3.05, 3.63) is 90.3 Å². The first-order chi connectivity index (χ1) is 14.7. The molecular formula is C27H22N3+. The maximum atomic E-state index is 5.05. The van der Waals surface area contributed by atoms with Crippen LogP contribution in [-0.2, 0) is 13.5 Å². The van der Waals surface area contributed by atoms with Crippen molar-refractivity contribution in [2.45, 2.75) is 13.3 Å². The van der Waals surface area contributed by atoms with Gasteiger partial charge in [-0.05, 0) is 35.7 Å². The summed E-state index contributed by atoms with van der Waals surface area (Å²) in [6.45, 7) is 2.20. The molecule has 0 radical (unpaired) electrons. The van der Waals surface area contributed by atoms with Crippen molar-refractivity contribution in [2.75, 3.05) is 0 Å². The molecule has 0 spiro atoms. The van der Waals surface area contributed by atoms with E-state index in [9.17, 15) is 0 Å². The number of fused-ring (bicyclic) bond motifs is 5. The van der Waals surface area contributed by atoms with E-state index in [-0.39, 0.29) is 0 Å². The average Bonchev–Trinajstić information content (AvgIpc) is 3.38. The highest BCUT2D eigenvalue weighted by atomic mass is 15.1. The Balaban J connectivity index is 1.75. The van der Waals surface area contributed by atoms with Gasteiger partial charge in [-0.25, -0.2) is 4.98 Å². The Morgan fingerprint density at radius 3 is 2.57 bits per heavy atom. The van der Waals surface area contributed by atoms with E-state index < -0.39 is 0 Å². The van der Waals surface area contributed by atoms with Crippen LogP contribution in [0.3, 0.4) is 0 Å². The molecule has 1 aliphatic heterocycles. The summed E-state index contributed by atoms with van der Waals surface area (Å²) in [6.07, 6.45) is 5.24. The van der Waals surface area contributed by atoms with Gasteiger partial charge in [-0.3, -0.25) is 4.57 Å². The fourth-order valence-corrected chi connectivity index (χ4v) is 4.70. The van der Waals surface area contributed by atoms with Crippen LogP contribution in [-0.4, -0.2) is 9.55 Å². The smallest absolute Gasteiger partial charge is 0.239 e. The predicted octanol–water partition coefficient (Wildman–Crippen LogP) is 5.68. The third-order valence-corrected chi connectivity index (χ3v) is 6.22. The Bertz CT molecular complexity index is 1470. The lowest BCUT2D eigenvalue weighted by Crippen LogP contribution is -2.33. The number of hydrogen-bond donors (Lipinski definition) is 0. The van der Waals surface area contributed by atoms with Crippen molar-refractivity contribution in [1.29, 1.82) is 0 Å². The first-order valence-electron chi connectivity index (χ1n) is 10.4. The lowest BCUT2D eigenvalue weighted by atomic mass is 9.96. The van der Waals surface area contributed by atoms with E-state index in [1.54, 1.807) is 0 Å². The molecule has 144 valence electrons. The molecular weight excluding hydrogens is 366 g/mol. The van der Waals surface area contributed by atoms with E-state index >= 15 is 0 Å². The van der Waals surface area contributed by atoms with Crippen LogP contribution in [0.1, 0.15) is 11.4 Å². The van der Waals surface area contributed by atoms with Crippen LogP contribution in [0.2, 0.25) is 0 Å². The summed E-state index contributed by atoms with van der Waals surface area (Å²) in [7, 11) is 2.17. The van der Waals surface area contributed by atoms with E-state index in [1.807, 2.05) is 0 Å². The van der Waals surface area contributed by atoms with Gasteiger partial charge in [0.25, 0.3) is 0 Å². The second-order valence-corrected chi connectivity index (χ2v) is 8.00. The van der Waals surface area contributed by atoms with E-state index in [2.05, 4.69) is 108 Å². The lowest BCUT2D eigenvalue weighted by Gasteiger charge is -2.12. The van der Waals surface area contributed by atoms with Crippen LogP contribution in [0.15, 0.2) is 78.9 Å². The zero-order valence-corrected chi connectivity index (χ0v) is 17.1. The molecule has 0 saturated carbocycles. The van der Waals surface area contributed by atoms with Crippen molar-refractivity contribution in [1.82, 2.24) is 9.55 Å². The highest BCUT2D eigenvalue weighted by molar-refractivity contribution is 6.06. The Hall–Kier alpha value is -3.72. The minimum absolute atomic E-state index is 0.884. The minimum Gasteiger partial charge on any atom is -0.298 e. The molecule has 0 bridgehead atoms. The fraction of sp³-hybridized carbons (Fsp3) is 0.111. The number of aryl methyl sites for hydroxylation is 2. The molecule has 0 aliphatic carbocycles. The van der Waals surface area contributed by atoms with Gasteiger partial charge in [0.2, 0.25) is 11.2 Å². The van der Waals surface area contributed by atoms with Gasteiger partial charge in [-0.15, -0.1) is 0 Å². The number of nitrogens with zero attached hydrogens (tertiary/aromatic N) is 3. The summed E-state index contributed by atoms with van der Waals surface area (Å²) in [4.78, 5) is 5.05. The molecule has 3 heterocycles. The molecule has 0 fully saturated rings. The summed E-state index contributed by atoms with van der Waals surface area (Å²) in [6, 6.07) is 25.9. The van der Waals surface area contributed by atoms with Crippen molar-refractivity contribution >= 4 is 28.1 Å². The number of allylic oxidation sites excluding steroid dienone is 1. The molecule has 0 unspecified atom stereocenters. The maximum absolute atomic E-state index is 5.05. The summed E-state index contributed by atoms with van der Waals surface area (Å²) >= 11 is 0. The van der Waals surface area contributed by atoms with Crippen LogP contribution >= 0.6 is 0 Å². The van der Waals surface area contributed by atoms with Crippen molar-refractivity contribution in [3.63, 3.8) is 0 Å². The number of imidazole rings is 1. The number of hydrogen-bond acceptors (Lipinski definition) is 1. The van der Waals surface area contributed by atoms with Gasteiger partial charge in [-0.1, -0.05) is 60.7 Å². The Kier molecular flexibility index (Phi) is 3.66. The average molecular weight is 388 g/mol. The van der Waals surface area contributed by atoms with Gasteiger partial charge in [0, 0.05) is 18.7 Å².